The van der Waals surface area contributed by atoms with E-state index in [4.69, 9.17) is 9.47 Å². The first-order valence-corrected chi connectivity index (χ1v) is 9.63. The molecule has 150 valence electrons. The third-order valence-corrected chi connectivity index (χ3v) is 5.04. The van der Waals surface area contributed by atoms with E-state index >= 15 is 0 Å². The lowest BCUT2D eigenvalue weighted by Crippen LogP contribution is -2.18. The van der Waals surface area contributed by atoms with Crippen LogP contribution in [0.4, 0.5) is 10.8 Å². The van der Waals surface area contributed by atoms with Crippen molar-refractivity contribution >= 4 is 34.0 Å². The first-order chi connectivity index (χ1) is 14.0. The number of para-hydroxylation sites is 1. The number of anilines is 2. The van der Waals surface area contributed by atoms with Crippen LogP contribution in [-0.2, 0) is 6.42 Å². The maximum Gasteiger partial charge on any atom is 0.259 e. The van der Waals surface area contributed by atoms with Gasteiger partial charge in [0.1, 0.15) is 5.01 Å². The van der Waals surface area contributed by atoms with E-state index in [1.807, 2.05) is 6.92 Å². The van der Waals surface area contributed by atoms with Crippen LogP contribution in [0.5, 0.6) is 11.5 Å². The van der Waals surface area contributed by atoms with Crippen molar-refractivity contribution in [3.05, 3.63) is 58.6 Å². The Labute approximate surface area is 171 Å². The van der Waals surface area contributed by atoms with Crippen molar-refractivity contribution in [1.82, 2.24) is 10.2 Å². The number of methoxy groups -OCH3 is 2. The Balaban J connectivity index is 1.79. The normalized spacial score (nSPS) is 10.3. The van der Waals surface area contributed by atoms with Crippen molar-refractivity contribution in [3.8, 4) is 11.5 Å². The number of hydrogen-bond donors (Lipinski definition) is 2. The molecule has 9 heteroatoms. The molecule has 0 spiro atoms. The summed E-state index contributed by atoms with van der Waals surface area (Å²) in [5.41, 5.74) is 1.06. The molecule has 3 aromatic rings. The molecular weight excluding hydrogens is 392 g/mol. The molecule has 3 rings (SSSR count). The minimum absolute atomic E-state index is 0.314. The SMILES string of the molecule is CCc1nnc(NC(=O)c2ccccc2NC(=O)c2ccc(OC)c(OC)c2)s1. The van der Waals surface area contributed by atoms with E-state index in [2.05, 4.69) is 20.8 Å². The summed E-state index contributed by atoms with van der Waals surface area (Å²) in [7, 11) is 3.02. The second-order valence-electron chi connectivity index (χ2n) is 5.88. The number of carbonyl (C=O) groups is 2. The van der Waals surface area contributed by atoms with Crippen LogP contribution in [0.25, 0.3) is 0 Å². The third kappa shape index (κ3) is 4.69. The van der Waals surface area contributed by atoms with Gasteiger partial charge >= 0.3 is 0 Å². The van der Waals surface area contributed by atoms with Gasteiger partial charge in [-0.25, -0.2) is 0 Å². The van der Waals surface area contributed by atoms with Crippen LogP contribution in [-0.4, -0.2) is 36.2 Å². The molecule has 0 atom stereocenters. The Kier molecular flexibility index (Phi) is 6.40. The van der Waals surface area contributed by atoms with Crippen LogP contribution in [0, 0.1) is 0 Å². The average molecular weight is 412 g/mol. The lowest BCUT2D eigenvalue weighted by atomic mass is 10.1. The maximum atomic E-state index is 12.7. The van der Waals surface area contributed by atoms with Gasteiger partial charge in [-0.3, -0.25) is 14.9 Å². The number of benzene rings is 2. The summed E-state index contributed by atoms with van der Waals surface area (Å²) >= 11 is 1.31. The summed E-state index contributed by atoms with van der Waals surface area (Å²) in [4.78, 5) is 25.4. The van der Waals surface area contributed by atoms with E-state index in [0.717, 1.165) is 11.4 Å². The first-order valence-electron chi connectivity index (χ1n) is 8.81. The quantitative estimate of drug-likeness (QED) is 0.614. The fraction of sp³-hybridized carbons (Fsp3) is 0.200. The highest BCUT2D eigenvalue weighted by Crippen LogP contribution is 2.28. The molecular formula is C20H20N4O4S. The molecule has 0 bridgehead atoms. The Morgan fingerprint density at radius 1 is 0.966 bits per heavy atom. The maximum absolute atomic E-state index is 12.7. The summed E-state index contributed by atoms with van der Waals surface area (Å²) in [5, 5.41) is 14.7. The van der Waals surface area contributed by atoms with Crippen LogP contribution in [0.15, 0.2) is 42.5 Å². The Bertz CT molecular complexity index is 1030. The predicted molar refractivity (Wildman–Crippen MR) is 111 cm³/mol. The topological polar surface area (TPSA) is 102 Å². The molecule has 0 fully saturated rings. The van der Waals surface area contributed by atoms with Crippen molar-refractivity contribution in [2.75, 3.05) is 24.9 Å². The van der Waals surface area contributed by atoms with Gasteiger partial charge in [-0.05, 0) is 36.8 Å². The van der Waals surface area contributed by atoms with Crippen LogP contribution in [0.1, 0.15) is 32.6 Å². The summed E-state index contributed by atoms with van der Waals surface area (Å²) in [6.07, 6.45) is 0.742. The van der Waals surface area contributed by atoms with Gasteiger partial charge in [0.25, 0.3) is 11.8 Å². The molecule has 2 amide bonds. The number of nitrogens with one attached hydrogen (secondary N) is 2. The van der Waals surface area contributed by atoms with Gasteiger partial charge < -0.3 is 14.8 Å². The van der Waals surface area contributed by atoms with E-state index in [1.165, 1.54) is 25.6 Å². The van der Waals surface area contributed by atoms with Gasteiger partial charge in [0, 0.05) is 5.56 Å². The summed E-state index contributed by atoms with van der Waals surface area (Å²) in [6.45, 7) is 1.96. The number of nitrogens with zero attached hydrogens (tertiary/aromatic N) is 2. The lowest BCUT2D eigenvalue weighted by molar-refractivity contribution is 0.102. The number of rotatable bonds is 7. The number of hydrogen-bond acceptors (Lipinski definition) is 7. The summed E-state index contributed by atoms with van der Waals surface area (Å²) in [5.74, 6) is 0.198. The number of aryl methyl sites for hydroxylation is 1. The molecule has 0 unspecified atom stereocenters. The van der Waals surface area contributed by atoms with Crippen molar-refractivity contribution in [2.45, 2.75) is 13.3 Å². The van der Waals surface area contributed by atoms with Gasteiger partial charge in [0.15, 0.2) is 11.5 Å². The van der Waals surface area contributed by atoms with Crippen molar-refractivity contribution in [1.29, 1.82) is 0 Å². The van der Waals surface area contributed by atoms with Gasteiger partial charge in [-0.1, -0.05) is 30.4 Å². The van der Waals surface area contributed by atoms with Crippen molar-refractivity contribution in [2.24, 2.45) is 0 Å². The number of carbonyl (C=O) groups excluding carboxylic acids is 2. The molecule has 0 aliphatic heterocycles. The average Bonchev–Trinajstić information content (AvgIpc) is 3.21. The summed E-state index contributed by atoms with van der Waals surface area (Å²) < 4.78 is 10.4. The molecule has 0 radical (unpaired) electrons. The highest BCUT2D eigenvalue weighted by Gasteiger charge is 2.17. The molecule has 8 nitrogen and oxygen atoms in total. The van der Waals surface area contributed by atoms with Gasteiger partial charge in [-0.15, -0.1) is 10.2 Å². The summed E-state index contributed by atoms with van der Waals surface area (Å²) in [6, 6.07) is 11.6. The molecule has 1 heterocycles. The van der Waals surface area contributed by atoms with E-state index in [0.29, 0.717) is 33.4 Å². The van der Waals surface area contributed by atoms with E-state index in [9.17, 15) is 9.59 Å². The molecule has 1 aromatic heterocycles. The van der Waals surface area contributed by atoms with E-state index < -0.39 is 0 Å². The fourth-order valence-corrected chi connectivity index (χ4v) is 3.25. The number of amides is 2. The molecule has 2 N–H and O–H groups in total. The first kappa shape index (κ1) is 20.3. The van der Waals surface area contributed by atoms with Gasteiger partial charge in [0.2, 0.25) is 5.13 Å². The molecule has 2 aromatic carbocycles. The number of aromatic nitrogens is 2. The zero-order valence-electron chi connectivity index (χ0n) is 16.2. The Hall–Kier alpha value is -3.46. The molecule has 0 saturated heterocycles. The minimum Gasteiger partial charge on any atom is -0.493 e. The van der Waals surface area contributed by atoms with Crippen molar-refractivity contribution in [3.63, 3.8) is 0 Å². The zero-order valence-corrected chi connectivity index (χ0v) is 17.0. The van der Waals surface area contributed by atoms with Gasteiger partial charge in [-0.2, -0.15) is 0 Å². The number of ether oxygens (including phenoxy) is 2. The van der Waals surface area contributed by atoms with Gasteiger partial charge in [0.05, 0.1) is 25.5 Å². The molecule has 0 saturated carbocycles. The smallest absolute Gasteiger partial charge is 0.259 e. The fourth-order valence-electron chi connectivity index (χ4n) is 2.57. The Morgan fingerprint density at radius 3 is 2.41 bits per heavy atom. The third-order valence-electron chi connectivity index (χ3n) is 4.06. The highest BCUT2D eigenvalue weighted by atomic mass is 32.1. The second kappa shape index (κ2) is 9.16. The van der Waals surface area contributed by atoms with Crippen LogP contribution in [0.3, 0.4) is 0 Å². The predicted octanol–water partition coefficient (Wildman–Crippen LogP) is 3.62. The molecule has 0 aliphatic rings. The monoisotopic (exact) mass is 412 g/mol. The van der Waals surface area contributed by atoms with Crippen LogP contribution in [0.2, 0.25) is 0 Å². The zero-order chi connectivity index (χ0) is 20.8. The van der Waals surface area contributed by atoms with E-state index in [1.54, 1.807) is 42.5 Å². The standard InChI is InChI=1S/C20H20N4O4S/c1-4-17-23-24-20(29-17)22-19(26)13-7-5-6-8-14(13)21-18(25)12-9-10-15(27-2)16(11-12)28-3/h5-11H,4H2,1-3H3,(H,21,25)(H,22,24,26). The minimum atomic E-state index is -0.382. The largest absolute Gasteiger partial charge is 0.493 e. The second-order valence-corrected chi connectivity index (χ2v) is 6.94. The highest BCUT2D eigenvalue weighted by molar-refractivity contribution is 7.15. The van der Waals surface area contributed by atoms with Crippen molar-refractivity contribution < 1.29 is 19.1 Å². The Morgan fingerprint density at radius 2 is 1.72 bits per heavy atom. The lowest BCUT2D eigenvalue weighted by Gasteiger charge is -2.12. The molecule has 0 aliphatic carbocycles. The van der Waals surface area contributed by atoms with E-state index in [-0.39, 0.29) is 11.8 Å². The molecule has 29 heavy (non-hydrogen) atoms. The van der Waals surface area contributed by atoms with Crippen LogP contribution >= 0.6 is 11.3 Å². The van der Waals surface area contributed by atoms with Crippen LogP contribution < -0.4 is 20.1 Å².